The Balaban J connectivity index is 3.54. The lowest BCUT2D eigenvalue weighted by atomic mass is 10.3. The molecule has 11 heavy (non-hydrogen) atoms. The molecule has 0 unspecified atom stereocenters. The van der Waals surface area contributed by atoms with Crippen molar-refractivity contribution in [3.8, 4) is 0 Å². The van der Waals surface area contributed by atoms with E-state index in [1.165, 1.54) is 7.05 Å². The van der Waals surface area contributed by atoms with Crippen LogP contribution in [0.4, 0.5) is 0 Å². The Labute approximate surface area is 65.3 Å². The second-order valence-electron chi connectivity index (χ2n) is 2.18. The van der Waals surface area contributed by atoms with Crippen molar-refractivity contribution in [1.82, 2.24) is 10.6 Å². The number of nitrogens with one attached hydrogen (secondary N) is 2. The quantitative estimate of drug-likeness (QED) is 0.454. The van der Waals surface area contributed by atoms with Gasteiger partial charge in [-0.05, 0) is 6.92 Å². The van der Waals surface area contributed by atoms with Crippen LogP contribution >= 0.6 is 0 Å². The molecule has 0 aromatic carbocycles. The normalized spacial score (nSPS) is 11.9. The highest BCUT2D eigenvalue weighted by Crippen LogP contribution is 1.73. The molecule has 0 rings (SSSR count). The summed E-state index contributed by atoms with van der Waals surface area (Å²) in [5.41, 5.74) is 5.22. The van der Waals surface area contributed by atoms with E-state index in [1.807, 2.05) is 0 Å². The van der Waals surface area contributed by atoms with E-state index >= 15 is 0 Å². The highest BCUT2D eigenvalue weighted by atomic mass is 16.2. The summed E-state index contributed by atoms with van der Waals surface area (Å²) in [6, 6.07) is -0.570. The highest BCUT2D eigenvalue weighted by Gasteiger charge is 2.07. The van der Waals surface area contributed by atoms with Gasteiger partial charge in [0.15, 0.2) is 0 Å². The zero-order chi connectivity index (χ0) is 8.85. The Morgan fingerprint density at radius 1 is 1.55 bits per heavy atom. The van der Waals surface area contributed by atoms with Gasteiger partial charge in [0, 0.05) is 7.05 Å². The fraction of sp³-hybridized carbons (Fsp3) is 0.667. The summed E-state index contributed by atoms with van der Waals surface area (Å²) in [6.45, 7) is 1.54. The van der Waals surface area contributed by atoms with Crippen LogP contribution in [-0.2, 0) is 9.59 Å². The van der Waals surface area contributed by atoms with Crippen molar-refractivity contribution in [2.24, 2.45) is 5.73 Å². The molecule has 2 amide bonds. The van der Waals surface area contributed by atoms with E-state index in [0.717, 1.165) is 0 Å². The molecule has 64 valence electrons. The molecule has 1 atom stereocenters. The number of hydrogen-bond donors (Lipinski definition) is 3. The van der Waals surface area contributed by atoms with E-state index in [4.69, 9.17) is 5.73 Å². The monoisotopic (exact) mass is 159 g/mol. The third-order valence-corrected chi connectivity index (χ3v) is 1.12. The van der Waals surface area contributed by atoms with Crippen LogP contribution in [0.5, 0.6) is 0 Å². The lowest BCUT2D eigenvalue weighted by Crippen LogP contribution is -2.42. The standard InChI is InChI=1S/C6H13N3O2/c1-4(7)6(11)9-3-5(10)8-2/h4H,3,7H2,1-2H3,(H,8,10)(H,9,11)/t4-/m1/s1. The molecular formula is C6H13N3O2. The van der Waals surface area contributed by atoms with Crippen molar-refractivity contribution in [2.45, 2.75) is 13.0 Å². The molecule has 4 N–H and O–H groups in total. The lowest BCUT2D eigenvalue weighted by molar-refractivity contribution is -0.126. The Kier molecular flexibility index (Phi) is 4.21. The molecule has 0 bridgehead atoms. The summed E-state index contributed by atoms with van der Waals surface area (Å²) >= 11 is 0. The molecule has 0 fully saturated rings. The first-order valence-corrected chi connectivity index (χ1v) is 3.31. The van der Waals surface area contributed by atoms with Gasteiger partial charge in [-0.1, -0.05) is 0 Å². The first kappa shape index (κ1) is 9.90. The molecule has 0 heterocycles. The Hall–Kier alpha value is -1.10. The van der Waals surface area contributed by atoms with Gasteiger partial charge < -0.3 is 16.4 Å². The van der Waals surface area contributed by atoms with Crippen molar-refractivity contribution in [2.75, 3.05) is 13.6 Å². The predicted octanol–water partition coefficient (Wildman–Crippen LogP) is -1.80. The van der Waals surface area contributed by atoms with Gasteiger partial charge in [0.05, 0.1) is 12.6 Å². The summed E-state index contributed by atoms with van der Waals surface area (Å²) < 4.78 is 0. The van der Waals surface area contributed by atoms with Crippen molar-refractivity contribution in [3.63, 3.8) is 0 Å². The number of likely N-dealkylation sites (N-methyl/N-ethyl adjacent to an activating group) is 1. The number of rotatable bonds is 3. The van der Waals surface area contributed by atoms with Crippen LogP contribution in [0.1, 0.15) is 6.92 Å². The molecule has 0 radical (unpaired) electrons. The third-order valence-electron chi connectivity index (χ3n) is 1.12. The minimum absolute atomic E-state index is 0.0170. The van der Waals surface area contributed by atoms with Gasteiger partial charge in [0.25, 0.3) is 0 Å². The average Bonchev–Trinajstić information content (AvgIpc) is 1.99. The first-order valence-electron chi connectivity index (χ1n) is 3.31. The maximum Gasteiger partial charge on any atom is 0.239 e. The molecule has 5 heteroatoms. The SMILES string of the molecule is CNC(=O)CNC(=O)[C@@H](C)N. The lowest BCUT2D eigenvalue weighted by Gasteiger charge is -2.05. The summed E-state index contributed by atoms with van der Waals surface area (Å²) in [4.78, 5) is 21.3. The second kappa shape index (κ2) is 4.68. The van der Waals surface area contributed by atoms with Gasteiger partial charge in [0.2, 0.25) is 11.8 Å². The summed E-state index contributed by atoms with van der Waals surface area (Å²) in [5.74, 6) is -0.562. The molecule has 0 saturated carbocycles. The average molecular weight is 159 g/mol. The number of nitrogens with two attached hydrogens (primary N) is 1. The largest absolute Gasteiger partial charge is 0.358 e. The van der Waals surface area contributed by atoms with E-state index < -0.39 is 6.04 Å². The van der Waals surface area contributed by atoms with Crippen LogP contribution in [0.15, 0.2) is 0 Å². The van der Waals surface area contributed by atoms with Crippen molar-refractivity contribution in [3.05, 3.63) is 0 Å². The maximum absolute atomic E-state index is 10.7. The van der Waals surface area contributed by atoms with E-state index in [-0.39, 0.29) is 18.4 Å². The van der Waals surface area contributed by atoms with Gasteiger partial charge in [0.1, 0.15) is 0 Å². The van der Waals surface area contributed by atoms with Crippen LogP contribution in [0.3, 0.4) is 0 Å². The fourth-order valence-electron chi connectivity index (χ4n) is 0.417. The Bertz CT molecular complexity index is 156. The minimum Gasteiger partial charge on any atom is -0.358 e. The van der Waals surface area contributed by atoms with Crippen molar-refractivity contribution < 1.29 is 9.59 Å². The summed E-state index contributed by atoms with van der Waals surface area (Å²) in [6.07, 6.45) is 0. The zero-order valence-corrected chi connectivity index (χ0v) is 6.68. The molecule has 0 aliphatic carbocycles. The fourth-order valence-corrected chi connectivity index (χ4v) is 0.417. The third kappa shape index (κ3) is 4.32. The van der Waals surface area contributed by atoms with Gasteiger partial charge in [-0.25, -0.2) is 0 Å². The molecule has 0 aliphatic heterocycles. The summed E-state index contributed by atoms with van der Waals surface area (Å²) in [7, 11) is 1.50. The van der Waals surface area contributed by atoms with E-state index in [2.05, 4.69) is 10.6 Å². The number of carbonyl (C=O) groups excluding carboxylic acids is 2. The zero-order valence-electron chi connectivity index (χ0n) is 6.68. The smallest absolute Gasteiger partial charge is 0.239 e. The molecule has 0 aliphatic rings. The van der Waals surface area contributed by atoms with E-state index in [9.17, 15) is 9.59 Å². The van der Waals surface area contributed by atoms with Gasteiger partial charge in [-0.2, -0.15) is 0 Å². The maximum atomic E-state index is 10.7. The van der Waals surface area contributed by atoms with Gasteiger partial charge in [-0.3, -0.25) is 9.59 Å². The van der Waals surface area contributed by atoms with Gasteiger partial charge in [-0.15, -0.1) is 0 Å². The Morgan fingerprint density at radius 3 is 2.45 bits per heavy atom. The minimum atomic E-state index is -0.570. The van der Waals surface area contributed by atoms with Crippen LogP contribution in [0.25, 0.3) is 0 Å². The van der Waals surface area contributed by atoms with Crippen LogP contribution in [-0.4, -0.2) is 31.4 Å². The summed E-state index contributed by atoms with van der Waals surface area (Å²) in [5, 5.41) is 4.72. The van der Waals surface area contributed by atoms with Crippen LogP contribution in [0.2, 0.25) is 0 Å². The molecule has 5 nitrogen and oxygen atoms in total. The second-order valence-corrected chi connectivity index (χ2v) is 2.18. The van der Waals surface area contributed by atoms with Crippen LogP contribution in [0, 0.1) is 0 Å². The van der Waals surface area contributed by atoms with Gasteiger partial charge >= 0.3 is 0 Å². The highest BCUT2D eigenvalue weighted by molar-refractivity contribution is 5.86. The van der Waals surface area contributed by atoms with E-state index in [1.54, 1.807) is 6.92 Å². The van der Waals surface area contributed by atoms with Crippen LogP contribution < -0.4 is 16.4 Å². The molecule has 0 aromatic rings. The van der Waals surface area contributed by atoms with Crippen molar-refractivity contribution >= 4 is 11.8 Å². The number of carbonyl (C=O) groups is 2. The molecular weight excluding hydrogens is 146 g/mol. The Morgan fingerprint density at radius 2 is 2.09 bits per heavy atom. The number of hydrogen-bond acceptors (Lipinski definition) is 3. The molecule has 0 aromatic heterocycles. The molecule has 0 saturated heterocycles. The predicted molar refractivity (Wildman–Crippen MR) is 40.7 cm³/mol. The molecule has 0 spiro atoms. The van der Waals surface area contributed by atoms with E-state index in [0.29, 0.717) is 0 Å². The first-order chi connectivity index (χ1) is 5.07. The van der Waals surface area contributed by atoms with Crippen molar-refractivity contribution in [1.29, 1.82) is 0 Å². The topological polar surface area (TPSA) is 84.2 Å². The number of amides is 2.